The molecule has 1 atom stereocenters. The summed E-state index contributed by atoms with van der Waals surface area (Å²) in [6, 6.07) is 4.42. The first-order valence-corrected chi connectivity index (χ1v) is 8.32. The van der Waals surface area contributed by atoms with Crippen LogP contribution in [-0.4, -0.2) is 41.7 Å². The molecule has 1 aliphatic rings. The van der Waals surface area contributed by atoms with Gasteiger partial charge in [-0.2, -0.15) is 0 Å². The second-order valence-corrected chi connectivity index (χ2v) is 6.35. The first-order valence-electron chi connectivity index (χ1n) is 8.32. The summed E-state index contributed by atoms with van der Waals surface area (Å²) in [6.07, 6.45) is 1.21. The number of aryl methyl sites for hydroxylation is 1. The van der Waals surface area contributed by atoms with Crippen molar-refractivity contribution >= 4 is 25.2 Å². The Bertz CT molecular complexity index is 829. The van der Waals surface area contributed by atoms with Crippen molar-refractivity contribution in [3.05, 3.63) is 46.5 Å². The highest BCUT2D eigenvalue weighted by atomic mass is 19.1. The first-order chi connectivity index (χ1) is 11.9. The number of hydrogen-bond acceptors (Lipinski definition) is 5. The predicted octanol–water partition coefficient (Wildman–Crippen LogP) is -0.147. The Labute approximate surface area is 146 Å². The maximum atomic E-state index is 13.5. The summed E-state index contributed by atoms with van der Waals surface area (Å²) in [6.45, 7) is 2.78. The number of hydrogen-bond donors (Lipinski definition) is 2. The van der Waals surface area contributed by atoms with Gasteiger partial charge in [0, 0.05) is 13.0 Å². The van der Waals surface area contributed by atoms with Gasteiger partial charge in [-0.1, -0.05) is 11.5 Å². The highest BCUT2D eigenvalue weighted by Gasteiger charge is 2.36. The fraction of sp³-hybridized carbons (Fsp3) is 0.353. The molecule has 0 fully saturated rings. The third-order valence-corrected chi connectivity index (χ3v) is 4.61. The molecular formula is C17H21BFN5O. The molecule has 2 aromatic rings. The van der Waals surface area contributed by atoms with E-state index in [0.717, 1.165) is 11.0 Å². The summed E-state index contributed by atoms with van der Waals surface area (Å²) in [5, 5.41) is 0. The topological polar surface area (TPSA) is 98.1 Å². The van der Waals surface area contributed by atoms with Crippen LogP contribution in [0, 0.1) is 12.7 Å². The maximum absolute atomic E-state index is 13.5. The zero-order valence-corrected chi connectivity index (χ0v) is 14.4. The number of carbonyl (C=O) groups is 1. The Morgan fingerprint density at radius 1 is 1.40 bits per heavy atom. The van der Waals surface area contributed by atoms with Crippen molar-refractivity contribution in [1.82, 2.24) is 14.9 Å². The Morgan fingerprint density at radius 3 is 2.84 bits per heavy atom. The number of rotatable bonds is 4. The number of nitrogen functional groups attached to an aromatic ring is 1. The maximum Gasteiger partial charge on any atom is 0.258 e. The molecular weight excluding hydrogens is 320 g/mol. The number of nitrogens with zero attached hydrogens (tertiary/aromatic N) is 3. The molecule has 1 aromatic carbocycles. The summed E-state index contributed by atoms with van der Waals surface area (Å²) in [4.78, 5) is 23.3. The van der Waals surface area contributed by atoms with E-state index >= 15 is 0 Å². The normalized spacial score (nSPS) is 16.8. The summed E-state index contributed by atoms with van der Waals surface area (Å²) in [7, 11) is 1.85. The van der Waals surface area contributed by atoms with E-state index in [0.29, 0.717) is 42.9 Å². The number of anilines is 1. The van der Waals surface area contributed by atoms with Gasteiger partial charge >= 0.3 is 0 Å². The van der Waals surface area contributed by atoms with Crippen LogP contribution in [0.25, 0.3) is 0 Å². The molecule has 3 rings (SSSR count). The lowest BCUT2D eigenvalue weighted by molar-refractivity contribution is 0.0642. The van der Waals surface area contributed by atoms with Crippen LogP contribution in [0.4, 0.5) is 10.3 Å². The van der Waals surface area contributed by atoms with Crippen LogP contribution in [0.2, 0.25) is 0 Å². The second-order valence-electron chi connectivity index (χ2n) is 6.35. The third-order valence-electron chi connectivity index (χ3n) is 4.61. The zero-order valence-electron chi connectivity index (χ0n) is 14.4. The van der Waals surface area contributed by atoms with Gasteiger partial charge in [0.25, 0.3) is 5.91 Å². The molecule has 6 nitrogen and oxygen atoms in total. The third kappa shape index (κ3) is 3.21. The molecule has 1 amide bonds. The Hall–Kier alpha value is -2.48. The van der Waals surface area contributed by atoms with Crippen molar-refractivity contribution in [1.29, 1.82) is 0 Å². The lowest BCUT2D eigenvalue weighted by Gasteiger charge is -2.37. The molecule has 0 saturated heterocycles. The van der Waals surface area contributed by atoms with Crippen molar-refractivity contribution in [3.8, 4) is 0 Å². The fourth-order valence-corrected chi connectivity index (χ4v) is 3.47. The smallest absolute Gasteiger partial charge is 0.258 e. The molecule has 4 N–H and O–H groups in total. The van der Waals surface area contributed by atoms with E-state index in [4.69, 9.17) is 11.5 Å². The molecule has 0 radical (unpaired) electrons. The predicted molar refractivity (Wildman–Crippen MR) is 96.9 cm³/mol. The first kappa shape index (κ1) is 17.4. The van der Waals surface area contributed by atoms with Crippen LogP contribution in [0.15, 0.2) is 18.2 Å². The van der Waals surface area contributed by atoms with Crippen LogP contribution < -0.4 is 16.9 Å². The van der Waals surface area contributed by atoms with Crippen LogP contribution in [0.1, 0.15) is 39.8 Å². The zero-order chi connectivity index (χ0) is 18.1. The van der Waals surface area contributed by atoms with Crippen molar-refractivity contribution < 1.29 is 9.18 Å². The Balaban J connectivity index is 2.10. The van der Waals surface area contributed by atoms with Crippen LogP contribution >= 0.6 is 0 Å². The van der Waals surface area contributed by atoms with E-state index in [1.54, 1.807) is 17.9 Å². The summed E-state index contributed by atoms with van der Waals surface area (Å²) >= 11 is 0. The molecule has 1 aromatic heterocycles. The molecule has 0 spiro atoms. The molecule has 2 heterocycles. The minimum Gasteiger partial charge on any atom is -0.368 e. The number of benzene rings is 1. The summed E-state index contributed by atoms with van der Waals surface area (Å²) in [5.74, 6) is -0.255. The standard InChI is InChI=1S/C17H21BFN5O/c1-9-15-13(23-17(21)22-9)8-14(24(16(15)25)6-2-5-20)11-4-3-10(19)7-12(11)18/h3-4,7,14H,2,5-6,8,18,20H2,1H3,(H2,21,22,23)/t14-/m1/s1. The monoisotopic (exact) mass is 341 g/mol. The van der Waals surface area contributed by atoms with E-state index in [-0.39, 0.29) is 23.7 Å². The largest absolute Gasteiger partial charge is 0.368 e. The van der Waals surface area contributed by atoms with Gasteiger partial charge in [-0.15, -0.1) is 0 Å². The lowest BCUT2D eigenvalue weighted by atomic mass is 9.82. The van der Waals surface area contributed by atoms with Crippen LogP contribution in [-0.2, 0) is 6.42 Å². The number of nitrogens with two attached hydrogens (primary N) is 2. The van der Waals surface area contributed by atoms with Gasteiger partial charge in [0.15, 0.2) is 0 Å². The number of halogens is 1. The van der Waals surface area contributed by atoms with Gasteiger partial charge < -0.3 is 16.4 Å². The molecule has 0 saturated carbocycles. The minimum absolute atomic E-state index is 0.124. The number of fused-ring (bicyclic) bond motifs is 1. The quantitative estimate of drug-likeness (QED) is 0.754. The van der Waals surface area contributed by atoms with E-state index < -0.39 is 0 Å². The van der Waals surface area contributed by atoms with Crippen molar-refractivity contribution in [2.45, 2.75) is 25.8 Å². The molecule has 1 aliphatic heterocycles. The summed E-state index contributed by atoms with van der Waals surface area (Å²) < 4.78 is 13.5. The molecule has 130 valence electrons. The molecule has 0 bridgehead atoms. The average Bonchev–Trinajstić information content (AvgIpc) is 2.53. The van der Waals surface area contributed by atoms with Gasteiger partial charge in [-0.3, -0.25) is 4.79 Å². The molecule has 25 heavy (non-hydrogen) atoms. The van der Waals surface area contributed by atoms with Gasteiger partial charge in [-0.25, -0.2) is 14.4 Å². The highest BCUT2D eigenvalue weighted by Crippen LogP contribution is 2.33. The molecule has 0 unspecified atom stereocenters. The van der Waals surface area contributed by atoms with E-state index in [1.807, 2.05) is 7.85 Å². The van der Waals surface area contributed by atoms with Gasteiger partial charge in [-0.05, 0) is 37.6 Å². The Kier molecular flexibility index (Phi) is 4.72. The molecule has 8 heteroatoms. The second kappa shape index (κ2) is 6.80. The van der Waals surface area contributed by atoms with Gasteiger partial charge in [0.1, 0.15) is 13.7 Å². The lowest BCUT2D eigenvalue weighted by Crippen LogP contribution is -2.44. The SMILES string of the molecule is Bc1cc(F)ccc1[C@H]1Cc2nc(N)nc(C)c2C(=O)N1CCCN. The van der Waals surface area contributed by atoms with Crippen molar-refractivity contribution in [2.75, 3.05) is 18.8 Å². The fourth-order valence-electron chi connectivity index (χ4n) is 3.47. The van der Waals surface area contributed by atoms with Crippen LogP contribution in [0.5, 0.6) is 0 Å². The number of amides is 1. The highest BCUT2D eigenvalue weighted by molar-refractivity contribution is 6.33. The van der Waals surface area contributed by atoms with Gasteiger partial charge in [0.2, 0.25) is 5.95 Å². The van der Waals surface area contributed by atoms with Crippen molar-refractivity contribution in [2.24, 2.45) is 5.73 Å². The average molecular weight is 341 g/mol. The van der Waals surface area contributed by atoms with E-state index in [9.17, 15) is 9.18 Å². The van der Waals surface area contributed by atoms with Crippen LogP contribution in [0.3, 0.4) is 0 Å². The van der Waals surface area contributed by atoms with Gasteiger partial charge in [0.05, 0.1) is 23.0 Å². The van der Waals surface area contributed by atoms with E-state index in [2.05, 4.69) is 9.97 Å². The molecule has 0 aliphatic carbocycles. The minimum atomic E-state index is -0.292. The Morgan fingerprint density at radius 2 is 2.16 bits per heavy atom. The van der Waals surface area contributed by atoms with E-state index in [1.165, 1.54) is 12.1 Å². The summed E-state index contributed by atoms with van der Waals surface area (Å²) in [5.41, 5.74) is 14.9. The van der Waals surface area contributed by atoms with Crippen molar-refractivity contribution in [3.63, 3.8) is 0 Å². The number of aromatic nitrogens is 2. The number of carbonyl (C=O) groups excluding carboxylic acids is 1.